The number of carbonyl (C=O) groups excluding carboxylic acids is 1. The fourth-order valence-corrected chi connectivity index (χ4v) is 1.66. The molecule has 0 saturated carbocycles. The molecule has 0 aliphatic rings. The molecule has 0 fully saturated rings. The molecule has 1 amide bonds. The van der Waals surface area contributed by atoms with Crippen LogP contribution in [0.1, 0.15) is 10.4 Å². The topological polar surface area (TPSA) is 102 Å². The van der Waals surface area contributed by atoms with Crippen LogP contribution in [-0.4, -0.2) is 39.7 Å². The molecule has 0 radical (unpaired) electrons. The third kappa shape index (κ3) is 2.33. The van der Waals surface area contributed by atoms with Crippen molar-refractivity contribution in [3.63, 3.8) is 0 Å². The van der Waals surface area contributed by atoms with E-state index in [9.17, 15) is 9.59 Å². The first kappa shape index (κ1) is 12.1. The fraction of sp³-hybridized carbons (Fsp3) is 0.167. The van der Waals surface area contributed by atoms with E-state index in [1.807, 2.05) is 6.07 Å². The molecular formula is C12H12N2O4. The summed E-state index contributed by atoms with van der Waals surface area (Å²) in [5.41, 5.74) is 1.26. The van der Waals surface area contributed by atoms with E-state index in [1.165, 1.54) is 0 Å². The Morgan fingerprint density at radius 1 is 1.33 bits per heavy atom. The predicted octanol–water partition coefficient (Wildman–Crippen LogP) is 0.343. The number of aliphatic hydroxyl groups excluding tert-OH is 1. The van der Waals surface area contributed by atoms with Crippen molar-refractivity contribution in [2.75, 3.05) is 6.54 Å². The van der Waals surface area contributed by atoms with E-state index >= 15 is 0 Å². The van der Waals surface area contributed by atoms with Gasteiger partial charge in [0.05, 0.1) is 6.54 Å². The Kier molecular flexibility index (Phi) is 3.29. The first-order valence-electron chi connectivity index (χ1n) is 5.35. The molecule has 4 N–H and O–H groups in total. The van der Waals surface area contributed by atoms with Crippen molar-refractivity contribution in [2.45, 2.75) is 6.10 Å². The van der Waals surface area contributed by atoms with E-state index in [-0.39, 0.29) is 6.54 Å². The van der Waals surface area contributed by atoms with Gasteiger partial charge in [0.15, 0.2) is 6.10 Å². The first-order chi connectivity index (χ1) is 8.59. The molecule has 1 aromatic heterocycles. The normalized spacial score (nSPS) is 12.3. The molecule has 94 valence electrons. The molecule has 0 saturated heterocycles. The van der Waals surface area contributed by atoms with Crippen molar-refractivity contribution >= 4 is 22.8 Å². The number of hydrogen-bond acceptors (Lipinski definition) is 3. The second kappa shape index (κ2) is 4.89. The molecule has 1 atom stereocenters. The minimum Gasteiger partial charge on any atom is -0.479 e. The van der Waals surface area contributed by atoms with E-state index in [1.54, 1.807) is 24.4 Å². The molecule has 18 heavy (non-hydrogen) atoms. The number of aromatic nitrogens is 1. The Bertz CT molecular complexity index is 591. The summed E-state index contributed by atoms with van der Waals surface area (Å²) in [4.78, 5) is 25.2. The third-order valence-electron chi connectivity index (χ3n) is 2.58. The summed E-state index contributed by atoms with van der Waals surface area (Å²) >= 11 is 0. The molecule has 0 aliphatic heterocycles. The third-order valence-corrected chi connectivity index (χ3v) is 2.58. The molecule has 6 nitrogen and oxygen atoms in total. The highest BCUT2D eigenvalue weighted by Crippen LogP contribution is 2.16. The van der Waals surface area contributed by atoms with Crippen molar-refractivity contribution in [1.29, 1.82) is 0 Å². The zero-order valence-corrected chi connectivity index (χ0v) is 9.38. The summed E-state index contributed by atoms with van der Waals surface area (Å²) in [6.45, 7) is -0.324. The standard InChI is InChI=1S/C12H12N2O4/c15-10(12(17)18)6-14-11(16)8-2-1-3-9-7(8)4-5-13-9/h1-5,10,13,15H,6H2,(H,14,16)(H,17,18). The number of nitrogens with one attached hydrogen (secondary N) is 2. The lowest BCUT2D eigenvalue weighted by Crippen LogP contribution is -2.36. The number of aliphatic carboxylic acids is 1. The predicted molar refractivity (Wildman–Crippen MR) is 64.3 cm³/mol. The van der Waals surface area contributed by atoms with Crippen LogP contribution < -0.4 is 5.32 Å². The summed E-state index contributed by atoms with van der Waals surface area (Å²) < 4.78 is 0. The van der Waals surface area contributed by atoms with Crippen molar-refractivity contribution < 1.29 is 19.8 Å². The van der Waals surface area contributed by atoms with E-state index in [2.05, 4.69) is 10.3 Å². The Morgan fingerprint density at radius 2 is 2.11 bits per heavy atom. The fourth-order valence-electron chi connectivity index (χ4n) is 1.66. The number of H-pyrrole nitrogens is 1. The van der Waals surface area contributed by atoms with Gasteiger partial charge in [-0.15, -0.1) is 0 Å². The van der Waals surface area contributed by atoms with Crippen molar-refractivity contribution in [3.05, 3.63) is 36.0 Å². The second-order valence-electron chi connectivity index (χ2n) is 3.81. The van der Waals surface area contributed by atoms with E-state index in [4.69, 9.17) is 10.2 Å². The quantitative estimate of drug-likeness (QED) is 0.626. The second-order valence-corrected chi connectivity index (χ2v) is 3.81. The van der Waals surface area contributed by atoms with Crippen LogP contribution in [0.3, 0.4) is 0 Å². The SMILES string of the molecule is O=C(NCC(O)C(=O)O)c1cccc2[nH]ccc12. The molecule has 2 rings (SSSR count). The average molecular weight is 248 g/mol. The highest BCUT2D eigenvalue weighted by molar-refractivity contribution is 6.06. The largest absolute Gasteiger partial charge is 0.479 e. The number of aromatic amines is 1. The number of aliphatic hydroxyl groups is 1. The highest BCUT2D eigenvalue weighted by atomic mass is 16.4. The summed E-state index contributed by atoms with van der Waals surface area (Å²) in [6, 6.07) is 6.95. The lowest BCUT2D eigenvalue weighted by atomic mass is 10.1. The van der Waals surface area contributed by atoms with Crippen LogP contribution in [0, 0.1) is 0 Å². The molecule has 1 aromatic carbocycles. The molecule has 6 heteroatoms. The summed E-state index contributed by atoms with van der Waals surface area (Å²) in [6.07, 6.45) is 0.118. The molecule has 1 unspecified atom stereocenters. The Balaban J connectivity index is 2.14. The smallest absolute Gasteiger partial charge is 0.334 e. The summed E-state index contributed by atoms with van der Waals surface area (Å²) in [5.74, 6) is -1.78. The molecule has 2 aromatic rings. The van der Waals surface area contributed by atoms with Crippen LogP contribution >= 0.6 is 0 Å². The maximum Gasteiger partial charge on any atom is 0.334 e. The molecule has 0 spiro atoms. The van der Waals surface area contributed by atoms with Crippen molar-refractivity contribution in [1.82, 2.24) is 10.3 Å². The Labute approximate surface area is 102 Å². The van der Waals surface area contributed by atoms with Gasteiger partial charge >= 0.3 is 5.97 Å². The number of rotatable bonds is 4. The van der Waals surface area contributed by atoms with Crippen LogP contribution in [0.15, 0.2) is 30.5 Å². The number of carboxylic acids is 1. The van der Waals surface area contributed by atoms with Gasteiger partial charge in [-0.1, -0.05) is 6.07 Å². The number of carboxylic acid groups (broad SMARTS) is 1. The zero-order valence-electron chi connectivity index (χ0n) is 9.38. The Morgan fingerprint density at radius 3 is 2.83 bits per heavy atom. The van der Waals surface area contributed by atoms with Crippen LogP contribution in [0.5, 0.6) is 0 Å². The number of benzene rings is 1. The monoisotopic (exact) mass is 248 g/mol. The Hall–Kier alpha value is -2.34. The van der Waals surface area contributed by atoms with Gasteiger partial charge in [0.25, 0.3) is 5.91 Å². The summed E-state index contributed by atoms with van der Waals surface area (Å²) in [7, 11) is 0. The average Bonchev–Trinajstić information content (AvgIpc) is 2.83. The van der Waals surface area contributed by atoms with Crippen molar-refractivity contribution in [2.24, 2.45) is 0 Å². The minimum atomic E-state index is -1.60. The lowest BCUT2D eigenvalue weighted by molar-refractivity contribution is -0.146. The van der Waals surface area contributed by atoms with E-state index in [0.717, 1.165) is 10.9 Å². The molecule has 1 heterocycles. The van der Waals surface area contributed by atoms with Crippen LogP contribution in [-0.2, 0) is 4.79 Å². The number of carbonyl (C=O) groups is 2. The van der Waals surface area contributed by atoms with Gasteiger partial charge < -0.3 is 20.5 Å². The minimum absolute atomic E-state index is 0.324. The van der Waals surface area contributed by atoms with Gasteiger partial charge in [-0.2, -0.15) is 0 Å². The number of amides is 1. The van der Waals surface area contributed by atoms with Gasteiger partial charge in [0.1, 0.15) is 0 Å². The number of hydrogen-bond donors (Lipinski definition) is 4. The first-order valence-corrected chi connectivity index (χ1v) is 5.35. The highest BCUT2D eigenvalue weighted by Gasteiger charge is 2.16. The maximum absolute atomic E-state index is 11.9. The van der Waals surface area contributed by atoms with Gasteiger partial charge in [0.2, 0.25) is 0 Å². The summed E-state index contributed by atoms with van der Waals surface area (Å²) in [5, 5.41) is 20.7. The molecular weight excluding hydrogens is 236 g/mol. The van der Waals surface area contributed by atoms with Gasteiger partial charge in [-0.3, -0.25) is 4.79 Å². The van der Waals surface area contributed by atoms with Gasteiger partial charge in [0, 0.05) is 22.7 Å². The number of fused-ring (bicyclic) bond motifs is 1. The van der Waals surface area contributed by atoms with Crippen LogP contribution in [0.25, 0.3) is 10.9 Å². The van der Waals surface area contributed by atoms with Gasteiger partial charge in [-0.05, 0) is 18.2 Å². The lowest BCUT2D eigenvalue weighted by Gasteiger charge is -2.08. The zero-order chi connectivity index (χ0) is 13.1. The van der Waals surface area contributed by atoms with E-state index < -0.39 is 18.0 Å². The van der Waals surface area contributed by atoms with Crippen molar-refractivity contribution in [3.8, 4) is 0 Å². The van der Waals surface area contributed by atoms with Gasteiger partial charge in [-0.25, -0.2) is 4.79 Å². The van der Waals surface area contributed by atoms with Crippen LogP contribution in [0.4, 0.5) is 0 Å². The molecule has 0 aliphatic carbocycles. The van der Waals surface area contributed by atoms with E-state index in [0.29, 0.717) is 5.56 Å². The van der Waals surface area contributed by atoms with Crippen LogP contribution in [0.2, 0.25) is 0 Å². The maximum atomic E-state index is 11.9. The molecule has 0 bridgehead atoms.